The molecule has 3 rings (SSSR count). The number of hydrogen-bond acceptors (Lipinski definition) is 6. The molecule has 1 N–H and O–H groups in total. The van der Waals surface area contributed by atoms with E-state index in [9.17, 15) is 23.3 Å². The highest BCUT2D eigenvalue weighted by Gasteiger charge is 2.26. The highest BCUT2D eigenvalue weighted by atomic mass is 32.2. The van der Waals surface area contributed by atoms with Gasteiger partial charge in [-0.1, -0.05) is 23.8 Å². The minimum atomic E-state index is -3.61. The van der Waals surface area contributed by atoms with E-state index in [1.807, 2.05) is 0 Å². The van der Waals surface area contributed by atoms with E-state index in [4.69, 9.17) is 0 Å². The number of nitro groups is 1. The number of sulfonamides is 1. The van der Waals surface area contributed by atoms with Gasteiger partial charge in [0.05, 0.1) is 14.7 Å². The molecule has 1 aliphatic rings. The quantitative estimate of drug-likeness (QED) is 0.601. The average Bonchev–Trinajstić information content (AvgIpc) is 3.15. The van der Waals surface area contributed by atoms with Gasteiger partial charge in [-0.15, -0.1) is 0 Å². The molecule has 0 radical (unpaired) electrons. The summed E-state index contributed by atoms with van der Waals surface area (Å²) in [5, 5.41) is 13.3. The van der Waals surface area contributed by atoms with Crippen LogP contribution in [0.2, 0.25) is 0 Å². The number of nitrogens with one attached hydrogen (secondary N) is 1. The number of hydrogen-bond donors (Lipinski definition) is 1. The van der Waals surface area contributed by atoms with Crippen molar-refractivity contribution in [1.82, 2.24) is 4.31 Å². The van der Waals surface area contributed by atoms with Gasteiger partial charge in [0.25, 0.3) is 5.91 Å². The lowest BCUT2D eigenvalue weighted by atomic mass is 10.2. The lowest BCUT2D eigenvalue weighted by Crippen LogP contribution is -2.35. The molecule has 0 atom stereocenters. The SMILES string of the molecule is Cc1ccc(S(=O)(=O)N2CCCCC2)cc1NC(=O)c1ccc([N+](=O)[O-])s1. The lowest BCUT2D eigenvalue weighted by Gasteiger charge is -2.26. The third kappa shape index (κ3) is 4.18. The van der Waals surface area contributed by atoms with Gasteiger partial charge in [-0.25, -0.2) is 8.42 Å². The summed E-state index contributed by atoms with van der Waals surface area (Å²) in [6, 6.07) is 7.26. The predicted molar refractivity (Wildman–Crippen MR) is 103 cm³/mol. The van der Waals surface area contributed by atoms with Gasteiger partial charge in [0, 0.05) is 24.8 Å². The molecule has 0 spiro atoms. The first-order valence-electron chi connectivity index (χ1n) is 8.45. The number of thiophene rings is 1. The van der Waals surface area contributed by atoms with E-state index in [1.165, 1.54) is 28.6 Å². The van der Waals surface area contributed by atoms with Crippen molar-refractivity contribution in [2.75, 3.05) is 18.4 Å². The molecule has 144 valence electrons. The second kappa shape index (κ2) is 7.75. The molecule has 0 aliphatic carbocycles. The fourth-order valence-electron chi connectivity index (χ4n) is 2.88. The number of amides is 1. The molecular formula is C17H19N3O5S2. The van der Waals surface area contributed by atoms with Gasteiger partial charge in [0.2, 0.25) is 10.0 Å². The van der Waals surface area contributed by atoms with Gasteiger partial charge in [0.1, 0.15) is 0 Å². The predicted octanol–water partition coefficient (Wildman–Crippen LogP) is 3.39. The number of anilines is 1. The van der Waals surface area contributed by atoms with Crippen molar-refractivity contribution < 1.29 is 18.1 Å². The van der Waals surface area contributed by atoms with Crippen molar-refractivity contribution in [2.45, 2.75) is 31.1 Å². The molecule has 27 heavy (non-hydrogen) atoms. The Morgan fingerprint density at radius 1 is 1.19 bits per heavy atom. The van der Waals surface area contributed by atoms with Crippen molar-refractivity contribution in [3.05, 3.63) is 50.9 Å². The summed E-state index contributed by atoms with van der Waals surface area (Å²) in [4.78, 5) is 22.9. The Bertz CT molecular complexity index is 978. The fraction of sp³-hybridized carbons (Fsp3) is 0.353. The maximum absolute atomic E-state index is 12.8. The molecule has 2 heterocycles. The Morgan fingerprint density at radius 2 is 1.89 bits per heavy atom. The van der Waals surface area contributed by atoms with Crippen LogP contribution in [0, 0.1) is 17.0 Å². The summed E-state index contributed by atoms with van der Waals surface area (Å²) in [5.74, 6) is -0.510. The van der Waals surface area contributed by atoms with Gasteiger partial charge < -0.3 is 5.32 Å². The molecular weight excluding hydrogens is 390 g/mol. The van der Waals surface area contributed by atoms with Gasteiger partial charge >= 0.3 is 5.00 Å². The van der Waals surface area contributed by atoms with Gasteiger partial charge in [0.15, 0.2) is 0 Å². The van der Waals surface area contributed by atoms with E-state index < -0.39 is 20.9 Å². The van der Waals surface area contributed by atoms with Crippen LogP contribution in [0.5, 0.6) is 0 Å². The zero-order valence-corrected chi connectivity index (χ0v) is 16.3. The topological polar surface area (TPSA) is 110 Å². The monoisotopic (exact) mass is 409 g/mol. The van der Waals surface area contributed by atoms with Crippen LogP contribution in [0.25, 0.3) is 0 Å². The van der Waals surface area contributed by atoms with Gasteiger partial charge in [-0.3, -0.25) is 14.9 Å². The second-order valence-corrected chi connectivity index (χ2v) is 9.29. The van der Waals surface area contributed by atoms with E-state index in [-0.39, 0.29) is 14.8 Å². The maximum Gasteiger partial charge on any atom is 0.324 e. The number of benzene rings is 1. The van der Waals surface area contributed by atoms with E-state index in [1.54, 1.807) is 13.0 Å². The summed E-state index contributed by atoms with van der Waals surface area (Å²) in [7, 11) is -3.61. The van der Waals surface area contributed by atoms with E-state index in [0.717, 1.165) is 30.6 Å². The van der Waals surface area contributed by atoms with Crippen LogP contribution in [-0.4, -0.2) is 36.6 Å². The van der Waals surface area contributed by atoms with E-state index in [2.05, 4.69) is 5.32 Å². The number of nitrogens with zero attached hydrogens (tertiary/aromatic N) is 2. The van der Waals surface area contributed by atoms with Crippen molar-refractivity contribution in [2.24, 2.45) is 0 Å². The molecule has 0 bridgehead atoms. The molecule has 1 fully saturated rings. The van der Waals surface area contributed by atoms with Crippen LogP contribution in [0.1, 0.15) is 34.5 Å². The molecule has 1 aromatic carbocycles. The number of rotatable bonds is 5. The Morgan fingerprint density at radius 3 is 2.52 bits per heavy atom. The minimum absolute atomic E-state index is 0.127. The zero-order valence-electron chi connectivity index (χ0n) is 14.7. The van der Waals surface area contributed by atoms with Crippen molar-refractivity contribution >= 4 is 38.0 Å². The van der Waals surface area contributed by atoms with Crippen LogP contribution < -0.4 is 5.32 Å². The highest BCUT2D eigenvalue weighted by Crippen LogP contribution is 2.28. The van der Waals surface area contributed by atoms with Crippen LogP contribution >= 0.6 is 11.3 Å². The number of carbonyl (C=O) groups excluding carboxylic acids is 1. The van der Waals surface area contributed by atoms with Crippen molar-refractivity contribution in [3.63, 3.8) is 0 Å². The second-order valence-electron chi connectivity index (χ2n) is 6.29. The first-order chi connectivity index (χ1) is 12.8. The summed E-state index contributed by atoms with van der Waals surface area (Å²) < 4.78 is 27.1. The molecule has 1 amide bonds. The largest absolute Gasteiger partial charge is 0.324 e. The first kappa shape index (κ1) is 19.5. The van der Waals surface area contributed by atoms with Crippen LogP contribution in [0.3, 0.4) is 0 Å². The molecule has 8 nitrogen and oxygen atoms in total. The molecule has 10 heteroatoms. The Balaban J connectivity index is 1.84. The zero-order chi connectivity index (χ0) is 19.6. The number of aryl methyl sites for hydroxylation is 1. The number of piperidine rings is 1. The fourth-order valence-corrected chi connectivity index (χ4v) is 5.14. The molecule has 1 saturated heterocycles. The first-order valence-corrected chi connectivity index (χ1v) is 10.7. The molecule has 0 unspecified atom stereocenters. The van der Waals surface area contributed by atoms with E-state index in [0.29, 0.717) is 24.3 Å². The van der Waals surface area contributed by atoms with Crippen molar-refractivity contribution in [1.29, 1.82) is 0 Å². The molecule has 1 aromatic heterocycles. The minimum Gasteiger partial charge on any atom is -0.321 e. The lowest BCUT2D eigenvalue weighted by molar-refractivity contribution is -0.380. The van der Waals surface area contributed by atoms with Crippen LogP contribution in [-0.2, 0) is 10.0 Å². The van der Waals surface area contributed by atoms with E-state index >= 15 is 0 Å². The molecule has 0 saturated carbocycles. The summed E-state index contributed by atoms with van der Waals surface area (Å²) in [6.45, 7) is 2.75. The standard InChI is InChI=1S/C17H19N3O5S2/c1-12-5-6-13(27(24,25)19-9-3-2-4-10-19)11-14(12)18-17(21)15-7-8-16(26-15)20(22)23/h5-8,11H,2-4,9-10H2,1H3,(H,18,21). The molecule has 2 aromatic rings. The normalized spacial score (nSPS) is 15.4. The van der Waals surface area contributed by atoms with Crippen LogP contribution in [0.4, 0.5) is 10.7 Å². The maximum atomic E-state index is 12.8. The van der Waals surface area contributed by atoms with Gasteiger partial charge in [-0.05, 0) is 43.5 Å². The Labute approximate surface area is 161 Å². The number of carbonyl (C=O) groups is 1. The third-order valence-corrected chi connectivity index (χ3v) is 7.34. The summed E-state index contributed by atoms with van der Waals surface area (Å²) in [5.41, 5.74) is 1.07. The smallest absolute Gasteiger partial charge is 0.321 e. The highest BCUT2D eigenvalue weighted by molar-refractivity contribution is 7.89. The molecule has 1 aliphatic heterocycles. The summed E-state index contributed by atoms with van der Waals surface area (Å²) in [6.07, 6.45) is 2.70. The van der Waals surface area contributed by atoms with Crippen molar-refractivity contribution in [3.8, 4) is 0 Å². The van der Waals surface area contributed by atoms with Crippen LogP contribution in [0.15, 0.2) is 35.2 Å². The average molecular weight is 409 g/mol. The van der Waals surface area contributed by atoms with Gasteiger partial charge in [-0.2, -0.15) is 4.31 Å². The summed E-state index contributed by atoms with van der Waals surface area (Å²) >= 11 is 0.769. The Kier molecular flexibility index (Phi) is 5.59. The third-order valence-electron chi connectivity index (χ3n) is 4.41. The Hall–Kier alpha value is -2.30.